The quantitative estimate of drug-likeness (QED) is 0.338. The molecule has 0 aliphatic heterocycles. The van der Waals surface area contributed by atoms with E-state index in [1.54, 1.807) is 30.5 Å². The van der Waals surface area contributed by atoms with E-state index < -0.39 is 5.82 Å². The first-order valence-corrected chi connectivity index (χ1v) is 10.2. The van der Waals surface area contributed by atoms with Crippen LogP contribution >= 0.6 is 0 Å². The minimum atomic E-state index is -0.584. The van der Waals surface area contributed by atoms with E-state index in [4.69, 9.17) is 14.3 Å². The third kappa shape index (κ3) is 4.78. The second-order valence-electron chi connectivity index (χ2n) is 8.43. The van der Waals surface area contributed by atoms with Gasteiger partial charge < -0.3 is 14.3 Å². The molecule has 2 unspecified atom stereocenters. The number of aromatic nitrogens is 1. The SMILES string of the molecule is CC1(C)C(/C=N/OCC2CC2)C1C(=O)OCc1ccc(F)c(Oc2ccccc2)n1. The average molecular weight is 412 g/mol. The standard InChI is InChI=1S/C23H25FN2O4/c1-23(2)18(12-25-29-13-15-8-9-15)20(23)22(27)28-14-16-10-11-19(24)21(26-16)30-17-6-4-3-5-7-17/h3-7,10-12,15,18,20H,8-9,13-14H2,1-2H3/b25-12+. The molecule has 2 fully saturated rings. The summed E-state index contributed by atoms with van der Waals surface area (Å²) in [5, 5.41) is 4.02. The Hall–Kier alpha value is -2.96. The van der Waals surface area contributed by atoms with Crippen LogP contribution < -0.4 is 4.74 Å². The van der Waals surface area contributed by atoms with E-state index in [9.17, 15) is 9.18 Å². The maximum absolute atomic E-state index is 14.0. The van der Waals surface area contributed by atoms with E-state index in [1.807, 2.05) is 19.9 Å². The molecule has 1 aromatic heterocycles. The Labute approximate surface area is 175 Å². The highest BCUT2D eigenvalue weighted by atomic mass is 19.1. The predicted molar refractivity (Wildman–Crippen MR) is 108 cm³/mol. The largest absolute Gasteiger partial charge is 0.459 e. The molecule has 4 rings (SSSR count). The Bertz CT molecular complexity index is 928. The monoisotopic (exact) mass is 412 g/mol. The van der Waals surface area contributed by atoms with Gasteiger partial charge in [-0.2, -0.15) is 0 Å². The zero-order chi connectivity index (χ0) is 21.1. The number of para-hydroxylation sites is 1. The number of benzene rings is 1. The molecule has 0 spiro atoms. The molecule has 30 heavy (non-hydrogen) atoms. The Morgan fingerprint density at radius 2 is 2.00 bits per heavy atom. The zero-order valence-corrected chi connectivity index (χ0v) is 17.1. The minimum Gasteiger partial charge on any atom is -0.459 e. The molecule has 1 heterocycles. The fourth-order valence-electron chi connectivity index (χ4n) is 3.40. The molecule has 2 saturated carbocycles. The van der Waals surface area contributed by atoms with Crippen LogP contribution in [-0.2, 0) is 21.0 Å². The molecule has 0 N–H and O–H groups in total. The number of hydrogen-bond acceptors (Lipinski definition) is 6. The summed E-state index contributed by atoms with van der Waals surface area (Å²) in [6.45, 7) is 4.58. The maximum atomic E-state index is 14.0. The lowest BCUT2D eigenvalue weighted by Gasteiger charge is -2.09. The zero-order valence-electron chi connectivity index (χ0n) is 17.1. The molecule has 6 nitrogen and oxygen atoms in total. The van der Waals surface area contributed by atoms with E-state index in [0.29, 0.717) is 24.0 Å². The van der Waals surface area contributed by atoms with E-state index in [-0.39, 0.29) is 35.7 Å². The van der Waals surface area contributed by atoms with Crippen LogP contribution in [0.25, 0.3) is 0 Å². The Morgan fingerprint density at radius 1 is 1.23 bits per heavy atom. The van der Waals surface area contributed by atoms with Crippen molar-refractivity contribution in [2.24, 2.45) is 28.3 Å². The lowest BCUT2D eigenvalue weighted by molar-refractivity contribution is -0.147. The van der Waals surface area contributed by atoms with Crippen molar-refractivity contribution in [1.29, 1.82) is 0 Å². The molecule has 0 saturated heterocycles. The fraction of sp³-hybridized carbons (Fsp3) is 0.435. The van der Waals surface area contributed by atoms with Gasteiger partial charge in [0.25, 0.3) is 5.88 Å². The van der Waals surface area contributed by atoms with Crippen LogP contribution in [0.15, 0.2) is 47.6 Å². The van der Waals surface area contributed by atoms with Crippen LogP contribution in [0.2, 0.25) is 0 Å². The number of ether oxygens (including phenoxy) is 2. The summed E-state index contributed by atoms with van der Waals surface area (Å²) >= 11 is 0. The van der Waals surface area contributed by atoms with Gasteiger partial charge in [0.05, 0.1) is 11.6 Å². The molecular weight excluding hydrogens is 387 g/mol. The summed E-state index contributed by atoms with van der Waals surface area (Å²) in [7, 11) is 0. The molecule has 0 radical (unpaired) electrons. The molecule has 7 heteroatoms. The van der Waals surface area contributed by atoms with Crippen molar-refractivity contribution in [2.45, 2.75) is 33.3 Å². The van der Waals surface area contributed by atoms with Gasteiger partial charge in [-0.3, -0.25) is 4.79 Å². The van der Waals surface area contributed by atoms with Gasteiger partial charge in [-0.1, -0.05) is 37.2 Å². The van der Waals surface area contributed by atoms with Gasteiger partial charge in [-0.25, -0.2) is 9.37 Å². The normalized spacial score (nSPS) is 22.0. The van der Waals surface area contributed by atoms with Gasteiger partial charge in [0.2, 0.25) is 0 Å². The number of carbonyl (C=O) groups excluding carboxylic acids is 1. The molecule has 2 aliphatic carbocycles. The lowest BCUT2D eigenvalue weighted by atomic mass is 10.1. The summed E-state index contributed by atoms with van der Waals surface area (Å²) in [5.74, 6) is -0.263. The van der Waals surface area contributed by atoms with E-state index in [2.05, 4.69) is 10.1 Å². The van der Waals surface area contributed by atoms with Crippen molar-refractivity contribution in [3.8, 4) is 11.6 Å². The Morgan fingerprint density at radius 3 is 2.73 bits per heavy atom. The molecule has 0 amide bonds. The first-order chi connectivity index (χ1) is 14.4. The number of pyridine rings is 1. The first kappa shape index (κ1) is 20.3. The third-order valence-corrected chi connectivity index (χ3v) is 5.66. The highest BCUT2D eigenvalue weighted by Gasteiger charge is 2.62. The van der Waals surface area contributed by atoms with Crippen molar-refractivity contribution in [1.82, 2.24) is 4.98 Å². The van der Waals surface area contributed by atoms with E-state index in [0.717, 1.165) is 0 Å². The molecule has 2 aliphatic rings. The highest BCUT2D eigenvalue weighted by molar-refractivity contribution is 5.85. The van der Waals surface area contributed by atoms with Crippen LogP contribution in [0.1, 0.15) is 32.4 Å². The fourth-order valence-corrected chi connectivity index (χ4v) is 3.40. The number of esters is 1. The summed E-state index contributed by atoms with van der Waals surface area (Å²) in [6, 6.07) is 11.5. The molecule has 2 atom stereocenters. The van der Waals surface area contributed by atoms with E-state index >= 15 is 0 Å². The van der Waals surface area contributed by atoms with Crippen LogP contribution in [-0.4, -0.2) is 23.8 Å². The van der Waals surface area contributed by atoms with Crippen LogP contribution in [0.4, 0.5) is 4.39 Å². The van der Waals surface area contributed by atoms with Crippen LogP contribution in [0, 0.1) is 29.0 Å². The first-order valence-electron chi connectivity index (χ1n) is 10.2. The lowest BCUT2D eigenvalue weighted by Crippen LogP contribution is -2.11. The Kier molecular flexibility index (Phi) is 5.70. The second kappa shape index (κ2) is 8.42. The maximum Gasteiger partial charge on any atom is 0.310 e. The van der Waals surface area contributed by atoms with Gasteiger partial charge in [0, 0.05) is 12.1 Å². The third-order valence-electron chi connectivity index (χ3n) is 5.66. The summed E-state index contributed by atoms with van der Waals surface area (Å²) in [4.78, 5) is 22.0. The van der Waals surface area contributed by atoms with E-state index in [1.165, 1.54) is 25.0 Å². The highest BCUT2D eigenvalue weighted by Crippen LogP contribution is 2.57. The number of nitrogens with zero attached hydrogens (tertiary/aromatic N) is 2. The smallest absolute Gasteiger partial charge is 0.310 e. The van der Waals surface area contributed by atoms with Crippen molar-refractivity contribution in [3.05, 3.63) is 54.0 Å². The number of carbonyl (C=O) groups is 1. The van der Waals surface area contributed by atoms with Crippen LogP contribution in [0.3, 0.4) is 0 Å². The van der Waals surface area contributed by atoms with Gasteiger partial charge >= 0.3 is 5.97 Å². The van der Waals surface area contributed by atoms with Gasteiger partial charge in [-0.05, 0) is 48.4 Å². The summed E-state index contributed by atoms with van der Waals surface area (Å²) < 4.78 is 24.9. The molecule has 0 bridgehead atoms. The second-order valence-corrected chi connectivity index (χ2v) is 8.43. The molecule has 1 aromatic carbocycles. The number of halogens is 1. The topological polar surface area (TPSA) is 70.0 Å². The van der Waals surface area contributed by atoms with Gasteiger partial charge in [-0.15, -0.1) is 0 Å². The molecular formula is C23H25FN2O4. The predicted octanol–water partition coefficient (Wildman–Crippen LogP) is 4.74. The van der Waals surface area contributed by atoms with Gasteiger partial charge in [0.1, 0.15) is 19.0 Å². The molecule has 2 aromatic rings. The van der Waals surface area contributed by atoms with Crippen LogP contribution in [0.5, 0.6) is 11.6 Å². The van der Waals surface area contributed by atoms with Crippen molar-refractivity contribution in [3.63, 3.8) is 0 Å². The number of oxime groups is 1. The summed E-state index contributed by atoms with van der Waals surface area (Å²) in [5.41, 5.74) is 0.175. The Balaban J connectivity index is 1.31. The number of rotatable bonds is 9. The minimum absolute atomic E-state index is 0.0256. The van der Waals surface area contributed by atoms with Crippen molar-refractivity contribution in [2.75, 3.05) is 6.61 Å². The van der Waals surface area contributed by atoms with Gasteiger partial charge in [0.15, 0.2) is 5.82 Å². The number of hydrogen-bond donors (Lipinski definition) is 0. The van der Waals surface area contributed by atoms with Crippen molar-refractivity contribution < 1.29 is 23.5 Å². The average Bonchev–Trinajstić information content (AvgIpc) is 3.63. The van der Waals surface area contributed by atoms with Crippen molar-refractivity contribution >= 4 is 12.2 Å². The summed E-state index contributed by atoms with van der Waals surface area (Å²) in [6.07, 6.45) is 4.11. The molecule has 158 valence electrons.